The third kappa shape index (κ3) is 4.74. The van der Waals surface area contributed by atoms with Crippen LogP contribution in [-0.2, 0) is 15.8 Å². The molecule has 0 aliphatic heterocycles. The molecule has 2 aromatic carbocycles. The minimum Gasteiger partial charge on any atom is -0.369 e. The van der Waals surface area contributed by atoms with E-state index in [1.54, 1.807) is 12.1 Å². The lowest BCUT2D eigenvalue weighted by Gasteiger charge is -2.32. The molecule has 29 heavy (non-hydrogen) atoms. The number of primary amides is 1. The van der Waals surface area contributed by atoms with Gasteiger partial charge in [0.15, 0.2) is 0 Å². The van der Waals surface area contributed by atoms with Crippen molar-refractivity contribution in [1.29, 1.82) is 0 Å². The largest absolute Gasteiger partial charge is 0.416 e. The summed E-state index contributed by atoms with van der Waals surface area (Å²) in [6, 6.07) is 10.3. The van der Waals surface area contributed by atoms with Gasteiger partial charge < -0.3 is 16.4 Å². The maximum atomic E-state index is 12.8. The van der Waals surface area contributed by atoms with Gasteiger partial charge in [0.2, 0.25) is 11.8 Å². The number of nitrogens with two attached hydrogens (primary N) is 1. The molecule has 1 saturated carbocycles. The summed E-state index contributed by atoms with van der Waals surface area (Å²) in [7, 11) is 0. The lowest BCUT2D eigenvalue weighted by atomic mass is 9.72. The minimum atomic E-state index is -4.55. The zero-order valence-corrected chi connectivity index (χ0v) is 15.1. The number of anilines is 2. The zero-order chi connectivity index (χ0) is 21.2. The molecule has 0 radical (unpaired) electrons. The van der Waals surface area contributed by atoms with Gasteiger partial charge >= 0.3 is 6.18 Å². The van der Waals surface area contributed by atoms with Gasteiger partial charge in [0.1, 0.15) is 0 Å². The highest BCUT2D eigenvalue weighted by Gasteiger charge is 2.40. The molecule has 0 aromatic heterocycles. The zero-order valence-electron chi connectivity index (χ0n) is 15.1. The molecule has 0 heterocycles. The number of benzene rings is 2. The Kier molecular flexibility index (Phi) is 5.58. The Balaban J connectivity index is 1.68. The van der Waals surface area contributed by atoms with E-state index in [0.717, 1.165) is 18.2 Å². The van der Waals surface area contributed by atoms with Gasteiger partial charge in [-0.1, -0.05) is 12.1 Å². The average Bonchev–Trinajstić information content (AvgIpc) is 2.59. The molecule has 1 fully saturated rings. The molecule has 0 spiro atoms. The number of hydrogen-bond acceptors (Lipinski definition) is 3. The summed E-state index contributed by atoms with van der Waals surface area (Å²) in [6.07, 6.45) is -3.42. The smallest absolute Gasteiger partial charge is 0.369 e. The number of nitrogens with one attached hydrogen (secondary N) is 2. The first-order chi connectivity index (χ1) is 13.6. The summed E-state index contributed by atoms with van der Waals surface area (Å²) < 4.78 is 38.4. The van der Waals surface area contributed by atoms with Crippen LogP contribution in [-0.4, -0.2) is 17.7 Å². The highest BCUT2D eigenvalue weighted by molar-refractivity contribution is 6.05. The quantitative estimate of drug-likeness (QED) is 0.711. The summed E-state index contributed by atoms with van der Waals surface area (Å²) in [5, 5.41) is 5.17. The second-order valence-electron chi connectivity index (χ2n) is 6.80. The van der Waals surface area contributed by atoms with Crippen LogP contribution in [0.25, 0.3) is 0 Å². The number of carbonyl (C=O) groups is 3. The van der Waals surface area contributed by atoms with Gasteiger partial charge in [0, 0.05) is 28.8 Å². The first kappa shape index (κ1) is 20.4. The van der Waals surface area contributed by atoms with Crippen LogP contribution in [0, 0.1) is 11.8 Å². The van der Waals surface area contributed by atoms with E-state index in [-0.39, 0.29) is 11.5 Å². The summed E-state index contributed by atoms with van der Waals surface area (Å²) in [5.74, 6) is -2.55. The number of alkyl halides is 3. The lowest BCUT2D eigenvalue weighted by molar-refractivity contribution is -0.137. The molecular weight excluding hydrogens is 387 g/mol. The molecule has 4 N–H and O–H groups in total. The number of hydrogen-bond donors (Lipinski definition) is 3. The van der Waals surface area contributed by atoms with Gasteiger partial charge in [0.05, 0.1) is 5.56 Å². The summed E-state index contributed by atoms with van der Waals surface area (Å²) in [6.45, 7) is 0. The van der Waals surface area contributed by atoms with Crippen LogP contribution in [0.15, 0.2) is 48.5 Å². The molecule has 1 aliphatic carbocycles. The van der Waals surface area contributed by atoms with Gasteiger partial charge in [-0.15, -0.1) is 0 Å². The van der Waals surface area contributed by atoms with Crippen LogP contribution in [0.2, 0.25) is 0 Å². The van der Waals surface area contributed by atoms with Crippen molar-refractivity contribution in [2.75, 3.05) is 10.6 Å². The highest BCUT2D eigenvalue weighted by Crippen LogP contribution is 2.35. The fourth-order valence-corrected chi connectivity index (χ4v) is 3.10. The Bertz CT molecular complexity index is 959. The van der Waals surface area contributed by atoms with Crippen LogP contribution in [0.5, 0.6) is 0 Å². The maximum absolute atomic E-state index is 12.8. The Hall–Kier alpha value is -3.36. The molecule has 152 valence electrons. The van der Waals surface area contributed by atoms with E-state index in [1.807, 2.05) is 0 Å². The van der Waals surface area contributed by atoms with E-state index < -0.39 is 35.4 Å². The van der Waals surface area contributed by atoms with Gasteiger partial charge in [-0.3, -0.25) is 14.4 Å². The van der Waals surface area contributed by atoms with Gasteiger partial charge in [-0.25, -0.2) is 0 Å². The van der Waals surface area contributed by atoms with E-state index in [2.05, 4.69) is 10.6 Å². The Labute approximate surface area is 164 Å². The summed E-state index contributed by atoms with van der Waals surface area (Å²) in [5.41, 5.74) is 4.87. The monoisotopic (exact) mass is 405 g/mol. The van der Waals surface area contributed by atoms with Gasteiger partial charge in [-0.05, 0) is 49.2 Å². The predicted octanol–water partition coefficient (Wildman–Crippen LogP) is 3.41. The van der Waals surface area contributed by atoms with Crippen molar-refractivity contribution < 1.29 is 27.6 Å². The topological polar surface area (TPSA) is 101 Å². The van der Waals surface area contributed by atoms with Crippen LogP contribution in [0.4, 0.5) is 24.5 Å². The number of halogens is 3. The molecule has 2 unspecified atom stereocenters. The minimum absolute atomic E-state index is 0.145. The molecular formula is C20H18F3N3O3. The lowest BCUT2D eigenvalue weighted by Crippen LogP contribution is -2.43. The first-order valence-corrected chi connectivity index (χ1v) is 8.84. The van der Waals surface area contributed by atoms with Crippen molar-refractivity contribution in [2.24, 2.45) is 17.6 Å². The average molecular weight is 405 g/mol. The van der Waals surface area contributed by atoms with Crippen molar-refractivity contribution in [1.82, 2.24) is 0 Å². The number of amides is 3. The fourth-order valence-electron chi connectivity index (χ4n) is 3.10. The van der Waals surface area contributed by atoms with Crippen LogP contribution >= 0.6 is 0 Å². The Morgan fingerprint density at radius 1 is 0.897 bits per heavy atom. The second kappa shape index (κ2) is 7.94. The van der Waals surface area contributed by atoms with Crippen molar-refractivity contribution in [3.05, 3.63) is 59.7 Å². The third-order valence-corrected chi connectivity index (χ3v) is 4.82. The standard InChI is InChI=1S/C20H18F3N3O3/c21-20(22,23)12-4-1-3-11(9-12)18(28)25-13-5-2-6-14(10-13)26-19(29)16-8-7-15(16)17(24)27/h1-6,9-10,15-16H,7-8H2,(H2,24,27)(H,25,28)(H,26,29). The molecule has 2 aromatic rings. The maximum Gasteiger partial charge on any atom is 0.416 e. The van der Waals surface area contributed by atoms with E-state index in [4.69, 9.17) is 5.73 Å². The number of rotatable bonds is 5. The Morgan fingerprint density at radius 2 is 1.52 bits per heavy atom. The second-order valence-corrected chi connectivity index (χ2v) is 6.80. The first-order valence-electron chi connectivity index (χ1n) is 8.84. The van der Waals surface area contributed by atoms with E-state index in [9.17, 15) is 27.6 Å². The van der Waals surface area contributed by atoms with Crippen molar-refractivity contribution in [3.8, 4) is 0 Å². The van der Waals surface area contributed by atoms with E-state index >= 15 is 0 Å². The third-order valence-electron chi connectivity index (χ3n) is 4.82. The van der Waals surface area contributed by atoms with E-state index in [1.165, 1.54) is 18.2 Å². The molecule has 0 bridgehead atoms. The Morgan fingerprint density at radius 3 is 2.10 bits per heavy atom. The van der Waals surface area contributed by atoms with E-state index in [0.29, 0.717) is 24.2 Å². The molecule has 6 nitrogen and oxygen atoms in total. The SMILES string of the molecule is NC(=O)C1CCC1C(=O)Nc1cccc(NC(=O)c2cccc(C(F)(F)F)c2)c1. The van der Waals surface area contributed by atoms with Crippen molar-refractivity contribution in [3.63, 3.8) is 0 Å². The van der Waals surface area contributed by atoms with Crippen molar-refractivity contribution >= 4 is 29.1 Å². The van der Waals surface area contributed by atoms with Gasteiger partial charge in [0.25, 0.3) is 5.91 Å². The normalized spacial score (nSPS) is 18.4. The molecule has 1 aliphatic rings. The number of carbonyl (C=O) groups excluding carboxylic acids is 3. The molecule has 9 heteroatoms. The van der Waals surface area contributed by atoms with Crippen LogP contribution in [0.3, 0.4) is 0 Å². The van der Waals surface area contributed by atoms with Gasteiger partial charge in [-0.2, -0.15) is 13.2 Å². The predicted molar refractivity (Wildman–Crippen MR) is 99.9 cm³/mol. The molecule has 0 saturated heterocycles. The molecule has 2 atom stereocenters. The highest BCUT2D eigenvalue weighted by atomic mass is 19.4. The summed E-state index contributed by atoms with van der Waals surface area (Å²) in [4.78, 5) is 35.8. The van der Waals surface area contributed by atoms with Crippen LogP contribution in [0.1, 0.15) is 28.8 Å². The molecule has 3 amide bonds. The summed E-state index contributed by atoms with van der Waals surface area (Å²) >= 11 is 0. The van der Waals surface area contributed by atoms with Crippen molar-refractivity contribution in [2.45, 2.75) is 19.0 Å². The molecule has 3 rings (SSSR count). The fraction of sp³-hybridized carbons (Fsp3) is 0.250. The van der Waals surface area contributed by atoms with Crippen LogP contribution < -0.4 is 16.4 Å².